The number of hydrogen-bond acceptors (Lipinski definition) is 5. The summed E-state index contributed by atoms with van der Waals surface area (Å²) >= 11 is 0.936. The number of fused-ring (bicyclic) bond motifs is 1. The normalized spacial score (nSPS) is 18.7. The molecule has 2 aromatic heterocycles. The molecule has 1 saturated heterocycles. The van der Waals surface area contributed by atoms with Crippen molar-refractivity contribution in [3.8, 4) is 0 Å². The van der Waals surface area contributed by atoms with Crippen LogP contribution in [0.4, 0.5) is 13.2 Å². The van der Waals surface area contributed by atoms with E-state index in [0.717, 1.165) is 16.0 Å². The molecule has 0 aromatic carbocycles. The fourth-order valence-corrected chi connectivity index (χ4v) is 3.85. The van der Waals surface area contributed by atoms with E-state index in [9.17, 15) is 22.8 Å². The monoisotopic (exact) mass is 376 g/mol. The van der Waals surface area contributed by atoms with E-state index in [4.69, 9.17) is 10.5 Å². The Morgan fingerprint density at radius 2 is 2.20 bits per heavy atom. The Morgan fingerprint density at radius 1 is 1.48 bits per heavy atom. The number of primary amides is 1. The van der Waals surface area contributed by atoms with Crippen LogP contribution >= 0.6 is 11.3 Å². The number of thiophene rings is 1. The van der Waals surface area contributed by atoms with E-state index in [-0.39, 0.29) is 34.7 Å². The van der Waals surface area contributed by atoms with Gasteiger partial charge < -0.3 is 15.4 Å². The van der Waals surface area contributed by atoms with Crippen LogP contribution in [0.5, 0.6) is 0 Å². The molecule has 2 N–H and O–H groups in total. The molecule has 11 heteroatoms. The molecule has 136 valence electrons. The minimum Gasteiger partial charge on any atom is -0.377 e. The average Bonchev–Trinajstić information content (AvgIpc) is 3.07. The van der Waals surface area contributed by atoms with Gasteiger partial charge in [-0.15, -0.1) is 11.3 Å². The van der Waals surface area contributed by atoms with Crippen molar-refractivity contribution in [3.63, 3.8) is 0 Å². The number of halogens is 3. The summed E-state index contributed by atoms with van der Waals surface area (Å²) < 4.78 is 45.6. The van der Waals surface area contributed by atoms with Gasteiger partial charge in [0.25, 0.3) is 5.91 Å². The van der Waals surface area contributed by atoms with E-state index in [1.807, 2.05) is 0 Å². The molecule has 0 bridgehead atoms. The summed E-state index contributed by atoms with van der Waals surface area (Å²) in [6, 6.07) is 0.679. The highest BCUT2D eigenvalue weighted by Crippen LogP contribution is 2.37. The second kappa shape index (κ2) is 6.30. The molecule has 1 aliphatic rings. The number of carbonyl (C=O) groups is 2. The smallest absolute Gasteiger partial charge is 0.377 e. The number of rotatable bonds is 3. The zero-order valence-corrected chi connectivity index (χ0v) is 14.0. The fraction of sp³-hybridized carbons (Fsp3) is 0.500. The highest BCUT2D eigenvalue weighted by atomic mass is 32.1. The second-order valence-corrected chi connectivity index (χ2v) is 6.73. The first kappa shape index (κ1) is 17.7. The van der Waals surface area contributed by atoms with Gasteiger partial charge in [-0.2, -0.15) is 18.3 Å². The SMILES string of the molecule is Cn1nc(C(F)(F)F)c2cc(C(=O)N3CCOCC3CC(N)=O)sc21. The fourth-order valence-electron chi connectivity index (χ4n) is 2.82. The summed E-state index contributed by atoms with van der Waals surface area (Å²) in [5.41, 5.74) is 4.17. The summed E-state index contributed by atoms with van der Waals surface area (Å²) in [6.45, 7) is 0.700. The van der Waals surface area contributed by atoms with Crippen molar-refractivity contribution in [2.45, 2.75) is 18.6 Å². The van der Waals surface area contributed by atoms with Crippen molar-refractivity contribution >= 4 is 33.4 Å². The molecule has 1 aliphatic heterocycles. The number of carbonyl (C=O) groups excluding carboxylic acids is 2. The van der Waals surface area contributed by atoms with Gasteiger partial charge in [-0.3, -0.25) is 14.3 Å². The standard InChI is InChI=1S/C14H15F3N4O3S/c1-20-13-8(11(19-20)14(15,16)17)5-9(25-13)12(23)21-2-3-24-6-7(21)4-10(18)22/h5,7H,2-4,6H2,1H3,(H2,18,22). The largest absolute Gasteiger partial charge is 0.435 e. The maximum absolute atomic E-state index is 13.1. The van der Waals surface area contributed by atoms with Gasteiger partial charge in [0.1, 0.15) is 4.83 Å². The van der Waals surface area contributed by atoms with Crippen molar-refractivity contribution < 1.29 is 27.5 Å². The van der Waals surface area contributed by atoms with Crippen LogP contribution < -0.4 is 5.73 Å². The minimum absolute atomic E-state index is 0.0635. The second-order valence-electron chi connectivity index (χ2n) is 5.70. The van der Waals surface area contributed by atoms with Crippen molar-refractivity contribution in [2.24, 2.45) is 12.8 Å². The lowest BCUT2D eigenvalue weighted by atomic mass is 10.1. The number of alkyl halides is 3. The van der Waals surface area contributed by atoms with Gasteiger partial charge in [-0.05, 0) is 6.07 Å². The number of aryl methyl sites for hydroxylation is 1. The van der Waals surface area contributed by atoms with Crippen LogP contribution in [0.2, 0.25) is 0 Å². The number of ether oxygens (including phenoxy) is 1. The lowest BCUT2D eigenvalue weighted by molar-refractivity contribution is -0.140. The third-order valence-corrected chi connectivity index (χ3v) is 5.11. The lowest BCUT2D eigenvalue weighted by Gasteiger charge is -2.34. The van der Waals surface area contributed by atoms with Gasteiger partial charge in [0, 0.05) is 25.4 Å². The average molecular weight is 376 g/mol. The van der Waals surface area contributed by atoms with Gasteiger partial charge in [-0.1, -0.05) is 0 Å². The summed E-state index contributed by atoms with van der Waals surface area (Å²) in [5, 5.41) is 3.38. The molecule has 0 aliphatic carbocycles. The summed E-state index contributed by atoms with van der Waals surface area (Å²) in [4.78, 5) is 25.8. The number of nitrogens with zero attached hydrogens (tertiary/aromatic N) is 3. The number of morpholine rings is 1. The molecule has 25 heavy (non-hydrogen) atoms. The predicted molar refractivity (Wildman–Crippen MR) is 83.0 cm³/mol. The highest BCUT2D eigenvalue weighted by Gasteiger charge is 2.38. The summed E-state index contributed by atoms with van der Waals surface area (Å²) in [7, 11) is 1.40. The van der Waals surface area contributed by atoms with Crippen molar-refractivity contribution in [1.82, 2.24) is 14.7 Å². The molecule has 1 atom stereocenters. The first-order valence-corrected chi connectivity index (χ1v) is 8.21. The van der Waals surface area contributed by atoms with Crippen LogP contribution in [0.25, 0.3) is 10.2 Å². The molecule has 3 rings (SSSR count). The Labute approximate surface area is 144 Å². The van der Waals surface area contributed by atoms with E-state index in [1.54, 1.807) is 0 Å². The molecule has 1 unspecified atom stereocenters. The van der Waals surface area contributed by atoms with Crippen molar-refractivity contribution in [3.05, 3.63) is 16.6 Å². The van der Waals surface area contributed by atoms with E-state index in [0.29, 0.717) is 6.61 Å². The zero-order valence-electron chi connectivity index (χ0n) is 13.2. The maximum Gasteiger partial charge on any atom is 0.435 e. The number of amides is 2. The first-order chi connectivity index (χ1) is 11.7. The van der Waals surface area contributed by atoms with Crippen molar-refractivity contribution in [2.75, 3.05) is 19.8 Å². The Morgan fingerprint density at radius 3 is 2.84 bits per heavy atom. The van der Waals surface area contributed by atoms with Crippen LogP contribution in [0.3, 0.4) is 0 Å². The molecular formula is C14H15F3N4O3S. The van der Waals surface area contributed by atoms with Crippen LogP contribution in [0.15, 0.2) is 6.07 Å². The van der Waals surface area contributed by atoms with Gasteiger partial charge in [0.15, 0.2) is 5.69 Å². The molecule has 0 radical (unpaired) electrons. The molecule has 0 spiro atoms. The van der Waals surface area contributed by atoms with Crippen LogP contribution in [0.1, 0.15) is 21.8 Å². The number of nitrogens with two attached hydrogens (primary N) is 1. The summed E-state index contributed by atoms with van der Waals surface area (Å²) in [6.07, 6.45) is -4.67. The predicted octanol–water partition coefficient (Wildman–Crippen LogP) is 1.37. The third-order valence-electron chi connectivity index (χ3n) is 3.92. The first-order valence-electron chi connectivity index (χ1n) is 7.39. The molecular weight excluding hydrogens is 361 g/mol. The third kappa shape index (κ3) is 3.33. The Kier molecular flexibility index (Phi) is 4.45. The Bertz CT molecular complexity index is 829. The highest BCUT2D eigenvalue weighted by molar-refractivity contribution is 7.20. The molecule has 1 fully saturated rings. The van der Waals surface area contributed by atoms with Gasteiger partial charge in [0.2, 0.25) is 5.91 Å². The molecule has 2 amide bonds. The quantitative estimate of drug-likeness (QED) is 0.876. The molecule has 3 heterocycles. The minimum atomic E-state index is -4.60. The van der Waals surface area contributed by atoms with Crippen molar-refractivity contribution in [1.29, 1.82) is 0 Å². The van der Waals surface area contributed by atoms with E-state index < -0.39 is 29.7 Å². The number of hydrogen-bond donors (Lipinski definition) is 1. The van der Waals surface area contributed by atoms with E-state index >= 15 is 0 Å². The lowest BCUT2D eigenvalue weighted by Crippen LogP contribution is -2.50. The topological polar surface area (TPSA) is 90.4 Å². The van der Waals surface area contributed by atoms with E-state index in [2.05, 4.69) is 5.10 Å². The van der Waals surface area contributed by atoms with Gasteiger partial charge >= 0.3 is 6.18 Å². The molecule has 7 nitrogen and oxygen atoms in total. The Balaban J connectivity index is 1.95. The zero-order chi connectivity index (χ0) is 18.4. The summed E-state index contributed by atoms with van der Waals surface area (Å²) in [5.74, 6) is -1.02. The molecule has 0 saturated carbocycles. The van der Waals surface area contributed by atoms with Crippen LogP contribution in [-0.2, 0) is 22.8 Å². The molecule has 2 aromatic rings. The van der Waals surface area contributed by atoms with Gasteiger partial charge in [-0.25, -0.2) is 0 Å². The van der Waals surface area contributed by atoms with Crippen LogP contribution in [-0.4, -0.2) is 52.3 Å². The maximum atomic E-state index is 13.1. The van der Waals surface area contributed by atoms with E-state index in [1.165, 1.54) is 18.0 Å². The Hall–Kier alpha value is -2.14. The van der Waals surface area contributed by atoms with Gasteiger partial charge in [0.05, 0.1) is 24.1 Å². The van der Waals surface area contributed by atoms with Crippen LogP contribution in [0, 0.1) is 0 Å². The number of aromatic nitrogens is 2.